The summed E-state index contributed by atoms with van der Waals surface area (Å²) in [7, 11) is 1.05. The van der Waals surface area contributed by atoms with Crippen LogP contribution in [-0.4, -0.2) is 52.6 Å². The lowest BCUT2D eigenvalue weighted by molar-refractivity contribution is 0.393. The summed E-state index contributed by atoms with van der Waals surface area (Å²) in [5, 5.41) is 4.96. The topological polar surface area (TPSA) is 91.2 Å². The minimum Gasteiger partial charge on any atom is -0.361 e. The van der Waals surface area contributed by atoms with Crippen molar-refractivity contribution in [1.29, 1.82) is 0 Å². The largest absolute Gasteiger partial charge is 0.361 e. The van der Waals surface area contributed by atoms with Crippen LogP contribution < -0.4 is 10.3 Å². The maximum atomic E-state index is 13.6. The summed E-state index contributed by atoms with van der Waals surface area (Å²) in [4.78, 5) is 18.9. The van der Waals surface area contributed by atoms with Gasteiger partial charge in [0.05, 0.1) is 5.69 Å². The predicted octanol–water partition coefficient (Wildman–Crippen LogP) is 2.60. The number of aryl methyl sites for hydroxylation is 2. The Morgan fingerprint density at radius 2 is 2.00 bits per heavy atom. The summed E-state index contributed by atoms with van der Waals surface area (Å²) in [5.41, 5.74) is 4.65. The number of likely N-dealkylation sites (tertiary alicyclic amines) is 1. The van der Waals surface area contributed by atoms with Gasteiger partial charge in [-0.05, 0) is 80.7 Å². The van der Waals surface area contributed by atoms with Crippen LogP contribution in [0.2, 0.25) is 0 Å². The summed E-state index contributed by atoms with van der Waals surface area (Å²) >= 11 is 0. The van der Waals surface area contributed by atoms with Gasteiger partial charge >= 0.3 is 0 Å². The van der Waals surface area contributed by atoms with Gasteiger partial charge in [-0.15, -0.1) is 0 Å². The second kappa shape index (κ2) is 8.65. The van der Waals surface area contributed by atoms with Crippen molar-refractivity contribution >= 4 is 28.0 Å². The molecule has 1 unspecified atom stereocenters. The lowest BCUT2D eigenvalue weighted by Gasteiger charge is -2.26. The van der Waals surface area contributed by atoms with Crippen LogP contribution in [0.5, 0.6) is 0 Å². The number of benzene rings is 2. The molecule has 1 aliphatic heterocycles. The molecule has 2 aromatic heterocycles. The Balaban J connectivity index is 1.53. The molecule has 0 aliphatic carbocycles. The molecule has 2 N–H and O–H groups in total. The maximum Gasteiger partial charge on any atom is 0.256 e. The molecule has 0 bridgehead atoms. The molecule has 1 saturated heterocycles. The predicted molar refractivity (Wildman–Crippen MR) is 140 cm³/mol. The number of fused-ring (bicyclic) bond motifs is 1. The number of thiol groups is 1. The van der Waals surface area contributed by atoms with E-state index in [4.69, 9.17) is 4.52 Å². The maximum absolute atomic E-state index is 13.6. The van der Waals surface area contributed by atoms with Crippen LogP contribution >= 0.6 is 0 Å². The molecule has 0 amide bonds. The first kappa shape index (κ1) is 22.8. The van der Waals surface area contributed by atoms with Crippen molar-refractivity contribution in [3.63, 3.8) is 0 Å². The summed E-state index contributed by atoms with van der Waals surface area (Å²) in [5.74, 6) is 0.758. The molecule has 4 aromatic rings. The average molecular weight is 476 g/mol. The van der Waals surface area contributed by atoms with Crippen molar-refractivity contribution in [2.75, 3.05) is 20.1 Å². The highest BCUT2D eigenvalue weighted by Crippen LogP contribution is 2.30. The summed E-state index contributed by atoms with van der Waals surface area (Å²) < 4.78 is 22.3. The van der Waals surface area contributed by atoms with Crippen LogP contribution in [0.1, 0.15) is 17.9 Å². The zero-order chi connectivity index (χ0) is 24.0. The van der Waals surface area contributed by atoms with Gasteiger partial charge in [-0.3, -0.25) is 13.7 Å². The number of rotatable bonds is 5. The number of likely N-dealkylation sites (N-methyl/N-ethyl adjacent to an activating group) is 1. The molecule has 5 rings (SSSR count). The van der Waals surface area contributed by atoms with E-state index >= 15 is 0 Å². The number of nitrogens with one attached hydrogen (secondary N) is 2. The molecule has 0 spiro atoms. The van der Waals surface area contributed by atoms with E-state index in [9.17, 15) is 9.00 Å². The molecule has 2 aromatic carbocycles. The second-order valence-corrected chi connectivity index (χ2v) is 12.0. The molecule has 1 atom stereocenters. The molecule has 1 fully saturated rings. The Hall–Kier alpha value is -3.01. The van der Waals surface area contributed by atoms with E-state index in [1.165, 1.54) is 0 Å². The van der Waals surface area contributed by atoms with Crippen molar-refractivity contribution in [3.05, 3.63) is 70.3 Å². The lowest BCUT2D eigenvalue weighted by atomic mass is 10.00. The lowest BCUT2D eigenvalue weighted by Crippen LogP contribution is -2.41. The minimum atomic E-state index is -2.79. The van der Waals surface area contributed by atoms with Gasteiger partial charge in [-0.1, -0.05) is 33.3 Å². The Kier molecular flexibility index (Phi) is 5.79. The second-order valence-electron chi connectivity index (χ2n) is 9.36. The Morgan fingerprint density at radius 3 is 2.71 bits per heavy atom. The molecule has 1 aliphatic rings. The van der Waals surface area contributed by atoms with Crippen LogP contribution in [0.15, 0.2) is 62.7 Å². The highest BCUT2D eigenvalue weighted by Gasteiger charge is 2.24. The normalized spacial score (nSPS) is 17.4. The Bertz CT molecular complexity index is 1480. The first-order valence-corrected chi connectivity index (χ1v) is 13.6. The van der Waals surface area contributed by atoms with E-state index in [1.807, 2.05) is 62.4 Å². The van der Waals surface area contributed by atoms with E-state index in [2.05, 4.69) is 26.8 Å². The van der Waals surface area contributed by atoms with Gasteiger partial charge in [-0.2, -0.15) is 0 Å². The van der Waals surface area contributed by atoms with Crippen molar-refractivity contribution in [2.24, 2.45) is 0 Å². The van der Waals surface area contributed by atoms with E-state index in [-0.39, 0.29) is 11.6 Å². The fraction of sp³-hybridized carbons (Fsp3) is 0.280. The Labute approximate surface area is 200 Å². The molecule has 0 radical (unpaired) electrons. The van der Waals surface area contributed by atoms with Gasteiger partial charge in [-0.25, -0.2) is 0 Å². The number of nitrogens with zero attached hydrogens (tertiary/aromatic N) is 2. The van der Waals surface area contributed by atoms with Gasteiger partial charge in [0, 0.05) is 34.1 Å². The first-order valence-electron chi connectivity index (χ1n) is 11.5. The summed E-state index contributed by atoms with van der Waals surface area (Å²) in [6.45, 7) is 5.69. The molecule has 0 saturated carbocycles. The zero-order valence-corrected chi connectivity index (χ0v) is 20.8. The summed E-state index contributed by atoms with van der Waals surface area (Å²) in [6.07, 6.45) is 0.978. The number of aromatic nitrogens is 2. The van der Waals surface area contributed by atoms with Crippen LogP contribution in [0.3, 0.4) is 0 Å². The average Bonchev–Trinajstić information content (AvgIpc) is 3.36. The van der Waals surface area contributed by atoms with Crippen molar-refractivity contribution in [2.45, 2.75) is 31.2 Å². The number of aromatic amines is 1. The van der Waals surface area contributed by atoms with Crippen molar-refractivity contribution < 1.29 is 8.73 Å². The fourth-order valence-corrected chi connectivity index (χ4v) is 6.69. The molecular weight excluding hydrogens is 447 g/mol. The minimum absolute atomic E-state index is 0.175. The van der Waals surface area contributed by atoms with Gasteiger partial charge < -0.3 is 14.4 Å². The van der Waals surface area contributed by atoms with Gasteiger partial charge in [0.25, 0.3) is 5.56 Å². The smallest absolute Gasteiger partial charge is 0.256 e. The SMILES string of the molecule is B[SH](=O)(NC1CCN(C)C1)c1cccc(-c2cc3cc(-c4c(C)noc4C)ccc3[nH]c2=O)c1. The van der Waals surface area contributed by atoms with Crippen LogP contribution in [-0.2, 0) is 9.97 Å². The van der Waals surface area contributed by atoms with Crippen LogP contribution in [0, 0.1) is 13.8 Å². The number of pyridine rings is 1. The van der Waals surface area contributed by atoms with Crippen molar-refractivity contribution in [1.82, 2.24) is 19.8 Å². The third-order valence-electron chi connectivity index (χ3n) is 6.64. The van der Waals surface area contributed by atoms with E-state index in [0.29, 0.717) is 5.56 Å². The molecule has 176 valence electrons. The fourth-order valence-electron chi connectivity index (χ4n) is 4.87. The van der Waals surface area contributed by atoms with Gasteiger partial charge in [0.1, 0.15) is 5.76 Å². The highest BCUT2D eigenvalue weighted by atomic mass is 32.2. The third-order valence-corrected chi connectivity index (χ3v) is 8.76. The quantitative estimate of drug-likeness (QED) is 0.304. The molecule has 3 heterocycles. The van der Waals surface area contributed by atoms with Gasteiger partial charge in [0.2, 0.25) is 7.12 Å². The standard InChI is InChI=1S/C25H29BN4O3S/c1-15-24(16(2)33-28-15)18-7-8-23-19(11-18)13-22(25(31)27-23)17-5-4-6-21(12-17)34(26,32)29-20-9-10-30(3)14-20/h4-8,11-13,20,34H,9-10,14,26H2,1-3H3,(H,27,31)(H,29,32). The van der Waals surface area contributed by atoms with E-state index in [0.717, 1.165) is 63.5 Å². The Morgan fingerprint density at radius 1 is 1.18 bits per heavy atom. The molecule has 9 heteroatoms. The number of hydrogen-bond donors (Lipinski definition) is 3. The zero-order valence-electron chi connectivity index (χ0n) is 19.9. The summed E-state index contributed by atoms with van der Waals surface area (Å²) in [6, 6.07) is 15.5. The number of H-pyrrole nitrogens is 1. The monoisotopic (exact) mass is 476 g/mol. The molecule has 34 heavy (non-hydrogen) atoms. The van der Waals surface area contributed by atoms with E-state index in [1.54, 1.807) is 7.12 Å². The number of hydrogen-bond acceptors (Lipinski definition) is 5. The molecule has 7 nitrogen and oxygen atoms in total. The highest BCUT2D eigenvalue weighted by molar-refractivity contribution is 8.20. The van der Waals surface area contributed by atoms with E-state index < -0.39 is 9.97 Å². The van der Waals surface area contributed by atoms with Gasteiger partial charge in [0.15, 0.2) is 0 Å². The third kappa shape index (κ3) is 4.26. The van der Waals surface area contributed by atoms with Crippen LogP contribution in [0.25, 0.3) is 33.2 Å². The van der Waals surface area contributed by atoms with Crippen molar-refractivity contribution in [3.8, 4) is 22.3 Å². The van der Waals surface area contributed by atoms with Crippen LogP contribution in [0.4, 0.5) is 0 Å². The molecular formula is C25H29BN4O3S. The first-order chi connectivity index (χ1) is 16.2.